The Morgan fingerprint density at radius 3 is 2.48 bits per heavy atom. The standard InChI is InChI=1S/C25H27N3O5/c1-3-32-25(30)24-21-17-27(23(29)14-16-33-20-7-5-4-6-8-20)15-13-22(21)28(26-24)18-9-11-19(31-2)12-10-18/h4-12H,3,13-17H2,1-2H3. The first-order valence-corrected chi connectivity index (χ1v) is 11.0. The van der Waals surface area contributed by atoms with E-state index in [1.807, 2.05) is 54.6 Å². The number of esters is 1. The summed E-state index contributed by atoms with van der Waals surface area (Å²) in [5.41, 5.74) is 2.71. The first-order valence-electron chi connectivity index (χ1n) is 11.0. The summed E-state index contributed by atoms with van der Waals surface area (Å²) in [4.78, 5) is 27.2. The van der Waals surface area contributed by atoms with Crippen LogP contribution in [-0.2, 0) is 22.5 Å². The second-order valence-electron chi connectivity index (χ2n) is 7.58. The number of carbonyl (C=O) groups excluding carboxylic acids is 2. The van der Waals surface area contributed by atoms with Crippen LogP contribution in [0.15, 0.2) is 54.6 Å². The Morgan fingerprint density at radius 1 is 1.03 bits per heavy atom. The largest absolute Gasteiger partial charge is 0.497 e. The summed E-state index contributed by atoms with van der Waals surface area (Å²) >= 11 is 0. The first kappa shape index (κ1) is 22.4. The molecular formula is C25H27N3O5. The molecule has 2 aromatic carbocycles. The van der Waals surface area contributed by atoms with Gasteiger partial charge in [-0.25, -0.2) is 9.48 Å². The summed E-state index contributed by atoms with van der Waals surface area (Å²) in [5.74, 6) is 0.961. The molecule has 1 amide bonds. The highest BCUT2D eigenvalue weighted by Crippen LogP contribution is 2.27. The Kier molecular flexibility index (Phi) is 6.92. The Bertz CT molecular complexity index is 1110. The maximum absolute atomic E-state index is 12.8. The van der Waals surface area contributed by atoms with Gasteiger partial charge in [-0.1, -0.05) is 18.2 Å². The highest BCUT2D eigenvalue weighted by molar-refractivity contribution is 5.90. The molecule has 172 valence electrons. The van der Waals surface area contributed by atoms with E-state index in [1.54, 1.807) is 23.6 Å². The van der Waals surface area contributed by atoms with Gasteiger partial charge in [-0.15, -0.1) is 0 Å². The Morgan fingerprint density at radius 2 is 1.79 bits per heavy atom. The van der Waals surface area contributed by atoms with Crippen molar-refractivity contribution in [3.8, 4) is 17.2 Å². The van der Waals surface area contributed by atoms with Crippen molar-refractivity contribution in [1.29, 1.82) is 0 Å². The molecule has 3 aromatic rings. The highest BCUT2D eigenvalue weighted by atomic mass is 16.5. The fourth-order valence-corrected chi connectivity index (χ4v) is 3.86. The van der Waals surface area contributed by atoms with Crippen LogP contribution in [0.1, 0.15) is 35.1 Å². The molecule has 0 fully saturated rings. The SMILES string of the molecule is CCOC(=O)c1nn(-c2ccc(OC)cc2)c2c1CN(C(=O)CCOc1ccccc1)CC2. The van der Waals surface area contributed by atoms with Crippen LogP contribution in [0.3, 0.4) is 0 Å². The van der Waals surface area contributed by atoms with E-state index in [0.717, 1.165) is 28.4 Å². The molecule has 4 rings (SSSR count). The minimum atomic E-state index is -0.484. The van der Waals surface area contributed by atoms with Crippen molar-refractivity contribution in [1.82, 2.24) is 14.7 Å². The van der Waals surface area contributed by atoms with Gasteiger partial charge in [0.1, 0.15) is 11.5 Å². The number of hydrogen-bond donors (Lipinski definition) is 0. The summed E-state index contributed by atoms with van der Waals surface area (Å²) in [5, 5.41) is 4.57. The van der Waals surface area contributed by atoms with Gasteiger partial charge in [0, 0.05) is 25.1 Å². The van der Waals surface area contributed by atoms with Gasteiger partial charge in [-0.05, 0) is 43.3 Å². The van der Waals surface area contributed by atoms with Crippen LogP contribution in [-0.4, -0.2) is 53.4 Å². The minimum Gasteiger partial charge on any atom is -0.497 e. The second-order valence-corrected chi connectivity index (χ2v) is 7.58. The number of fused-ring (bicyclic) bond motifs is 1. The molecule has 0 atom stereocenters. The third-order valence-corrected chi connectivity index (χ3v) is 5.52. The van der Waals surface area contributed by atoms with Crippen LogP contribution in [0.4, 0.5) is 0 Å². The maximum atomic E-state index is 12.8. The van der Waals surface area contributed by atoms with Gasteiger partial charge >= 0.3 is 5.97 Å². The summed E-state index contributed by atoms with van der Waals surface area (Å²) in [6, 6.07) is 16.9. The van der Waals surface area contributed by atoms with E-state index in [1.165, 1.54) is 0 Å². The van der Waals surface area contributed by atoms with Crippen LogP contribution in [0.2, 0.25) is 0 Å². The van der Waals surface area contributed by atoms with Gasteiger partial charge in [0.05, 0.1) is 38.1 Å². The first-order chi connectivity index (χ1) is 16.1. The lowest BCUT2D eigenvalue weighted by Crippen LogP contribution is -2.37. The Labute approximate surface area is 192 Å². The molecule has 1 aliphatic heterocycles. The van der Waals surface area contributed by atoms with Crippen LogP contribution in [0.25, 0.3) is 5.69 Å². The number of amides is 1. The van der Waals surface area contributed by atoms with E-state index < -0.39 is 5.97 Å². The molecule has 2 heterocycles. The van der Waals surface area contributed by atoms with Gasteiger partial charge < -0.3 is 19.1 Å². The summed E-state index contributed by atoms with van der Waals surface area (Å²) in [7, 11) is 1.61. The monoisotopic (exact) mass is 449 g/mol. The van der Waals surface area contributed by atoms with Crippen molar-refractivity contribution >= 4 is 11.9 Å². The van der Waals surface area contributed by atoms with Crippen LogP contribution >= 0.6 is 0 Å². The summed E-state index contributed by atoms with van der Waals surface area (Å²) in [6.07, 6.45) is 0.838. The van der Waals surface area contributed by atoms with E-state index >= 15 is 0 Å². The lowest BCUT2D eigenvalue weighted by atomic mass is 10.0. The lowest BCUT2D eigenvalue weighted by molar-refractivity contribution is -0.132. The minimum absolute atomic E-state index is 0.0245. The predicted octanol–water partition coefficient (Wildman–Crippen LogP) is 3.41. The maximum Gasteiger partial charge on any atom is 0.359 e. The van der Waals surface area contributed by atoms with E-state index in [0.29, 0.717) is 26.1 Å². The quantitative estimate of drug-likeness (QED) is 0.490. The lowest BCUT2D eigenvalue weighted by Gasteiger charge is -2.28. The third kappa shape index (κ3) is 5.00. The number of methoxy groups -OCH3 is 1. The van der Waals surface area contributed by atoms with Crippen LogP contribution in [0.5, 0.6) is 11.5 Å². The Hall–Kier alpha value is -3.81. The Balaban J connectivity index is 1.52. The molecule has 0 radical (unpaired) electrons. The van der Waals surface area contributed by atoms with Gasteiger partial charge in [-0.3, -0.25) is 4.79 Å². The zero-order chi connectivity index (χ0) is 23.2. The zero-order valence-corrected chi connectivity index (χ0v) is 18.8. The number of rotatable bonds is 8. The van der Waals surface area contributed by atoms with Crippen molar-refractivity contribution in [2.24, 2.45) is 0 Å². The molecule has 0 saturated carbocycles. The molecule has 8 nitrogen and oxygen atoms in total. The van der Waals surface area contributed by atoms with E-state index in [2.05, 4.69) is 5.10 Å². The molecule has 0 saturated heterocycles. The number of aromatic nitrogens is 2. The van der Waals surface area contributed by atoms with Gasteiger partial charge in [0.15, 0.2) is 5.69 Å². The number of benzene rings is 2. The van der Waals surface area contributed by atoms with Gasteiger partial charge in [-0.2, -0.15) is 5.10 Å². The summed E-state index contributed by atoms with van der Waals surface area (Å²) in [6.45, 7) is 3.16. The molecular weight excluding hydrogens is 422 g/mol. The fourth-order valence-electron chi connectivity index (χ4n) is 3.86. The van der Waals surface area contributed by atoms with Crippen molar-refractivity contribution < 1.29 is 23.8 Å². The fraction of sp³-hybridized carbons (Fsp3) is 0.320. The number of para-hydroxylation sites is 1. The highest BCUT2D eigenvalue weighted by Gasteiger charge is 2.31. The molecule has 1 aliphatic rings. The molecule has 0 aliphatic carbocycles. The molecule has 0 unspecified atom stereocenters. The molecule has 1 aromatic heterocycles. The number of nitrogens with zero attached hydrogens (tertiary/aromatic N) is 3. The van der Waals surface area contributed by atoms with E-state index in [9.17, 15) is 9.59 Å². The second kappa shape index (κ2) is 10.2. The number of hydrogen-bond acceptors (Lipinski definition) is 6. The zero-order valence-electron chi connectivity index (χ0n) is 18.8. The normalized spacial score (nSPS) is 12.7. The predicted molar refractivity (Wildman–Crippen MR) is 122 cm³/mol. The molecule has 0 bridgehead atoms. The topological polar surface area (TPSA) is 82.9 Å². The van der Waals surface area contributed by atoms with Crippen molar-refractivity contribution in [3.05, 3.63) is 71.5 Å². The third-order valence-electron chi connectivity index (χ3n) is 5.52. The van der Waals surface area contributed by atoms with Crippen molar-refractivity contribution in [2.45, 2.75) is 26.3 Å². The molecule has 8 heteroatoms. The average Bonchev–Trinajstić information content (AvgIpc) is 3.24. The van der Waals surface area contributed by atoms with Gasteiger partial charge in [0.2, 0.25) is 5.91 Å². The van der Waals surface area contributed by atoms with Crippen LogP contribution in [0, 0.1) is 0 Å². The molecule has 0 N–H and O–H groups in total. The van der Waals surface area contributed by atoms with Crippen molar-refractivity contribution in [3.63, 3.8) is 0 Å². The molecule has 33 heavy (non-hydrogen) atoms. The smallest absolute Gasteiger partial charge is 0.359 e. The molecule has 0 spiro atoms. The average molecular weight is 450 g/mol. The van der Waals surface area contributed by atoms with E-state index in [-0.39, 0.29) is 24.6 Å². The summed E-state index contributed by atoms with van der Waals surface area (Å²) < 4.78 is 17.9. The van der Waals surface area contributed by atoms with Crippen LogP contribution < -0.4 is 9.47 Å². The number of carbonyl (C=O) groups is 2. The van der Waals surface area contributed by atoms with E-state index in [4.69, 9.17) is 14.2 Å². The van der Waals surface area contributed by atoms with Gasteiger partial charge in [0.25, 0.3) is 0 Å². The van der Waals surface area contributed by atoms with Crippen molar-refractivity contribution in [2.75, 3.05) is 26.9 Å². The number of ether oxygens (including phenoxy) is 3.